The molecule has 15 heavy (non-hydrogen) atoms. The fraction of sp³-hybridized carbons (Fsp3) is 0.909. The first-order chi connectivity index (χ1) is 7.07. The van der Waals surface area contributed by atoms with Gasteiger partial charge in [0.25, 0.3) is 0 Å². The lowest BCUT2D eigenvalue weighted by Crippen LogP contribution is -2.35. The van der Waals surface area contributed by atoms with E-state index in [4.69, 9.17) is 0 Å². The zero-order chi connectivity index (χ0) is 10.9. The van der Waals surface area contributed by atoms with E-state index in [1.54, 1.807) is 11.8 Å². The number of hydrogen-bond acceptors (Lipinski definition) is 3. The summed E-state index contributed by atoms with van der Waals surface area (Å²) in [4.78, 5) is 13.5. The molecule has 1 aliphatic heterocycles. The summed E-state index contributed by atoms with van der Waals surface area (Å²) in [6.45, 7) is 3.77. The van der Waals surface area contributed by atoms with Crippen molar-refractivity contribution in [2.45, 2.75) is 44.2 Å². The van der Waals surface area contributed by atoms with E-state index < -0.39 is 5.60 Å². The zero-order valence-corrected chi connectivity index (χ0v) is 9.33. The van der Waals surface area contributed by atoms with Gasteiger partial charge in [-0.1, -0.05) is 0 Å². The maximum atomic E-state index is 11.7. The van der Waals surface area contributed by atoms with E-state index in [0.29, 0.717) is 32.0 Å². The van der Waals surface area contributed by atoms with E-state index in [1.165, 1.54) is 12.8 Å². The van der Waals surface area contributed by atoms with Gasteiger partial charge in [0.1, 0.15) is 0 Å². The number of carbonyl (C=O) groups excluding carboxylic acids is 1. The highest BCUT2D eigenvalue weighted by Gasteiger charge is 2.33. The predicted molar refractivity (Wildman–Crippen MR) is 57.5 cm³/mol. The van der Waals surface area contributed by atoms with Gasteiger partial charge < -0.3 is 15.3 Å². The molecule has 0 aromatic carbocycles. The van der Waals surface area contributed by atoms with Crippen LogP contribution in [0.5, 0.6) is 0 Å². The molecular weight excluding hydrogens is 192 g/mol. The fourth-order valence-corrected chi connectivity index (χ4v) is 1.99. The van der Waals surface area contributed by atoms with Gasteiger partial charge in [-0.3, -0.25) is 4.79 Å². The summed E-state index contributed by atoms with van der Waals surface area (Å²) in [6, 6.07) is 0.666. The first-order valence-electron chi connectivity index (χ1n) is 5.80. The van der Waals surface area contributed by atoms with Crippen molar-refractivity contribution in [3.63, 3.8) is 0 Å². The van der Waals surface area contributed by atoms with E-state index in [-0.39, 0.29) is 5.91 Å². The van der Waals surface area contributed by atoms with Crippen LogP contribution in [0.15, 0.2) is 0 Å². The van der Waals surface area contributed by atoms with Gasteiger partial charge in [-0.05, 0) is 26.2 Å². The van der Waals surface area contributed by atoms with Crippen molar-refractivity contribution in [3.8, 4) is 0 Å². The molecule has 0 bridgehead atoms. The number of hydrogen-bond donors (Lipinski definition) is 2. The number of aliphatic hydroxyl groups is 1. The second-order valence-electron chi connectivity index (χ2n) is 5.04. The van der Waals surface area contributed by atoms with Gasteiger partial charge in [0.15, 0.2) is 0 Å². The molecule has 0 radical (unpaired) electrons. The lowest BCUT2D eigenvalue weighted by molar-refractivity contribution is -0.130. The molecule has 0 aromatic heterocycles. The summed E-state index contributed by atoms with van der Waals surface area (Å²) in [5.41, 5.74) is -0.667. The maximum absolute atomic E-state index is 11.7. The van der Waals surface area contributed by atoms with Crippen molar-refractivity contribution >= 4 is 5.91 Å². The monoisotopic (exact) mass is 212 g/mol. The van der Waals surface area contributed by atoms with Crippen molar-refractivity contribution < 1.29 is 9.90 Å². The molecule has 1 saturated heterocycles. The van der Waals surface area contributed by atoms with Crippen molar-refractivity contribution in [2.75, 3.05) is 19.6 Å². The third kappa shape index (κ3) is 3.18. The number of nitrogens with zero attached hydrogens (tertiary/aromatic N) is 1. The van der Waals surface area contributed by atoms with Crippen molar-refractivity contribution in [3.05, 3.63) is 0 Å². The molecule has 2 fully saturated rings. The first kappa shape index (κ1) is 10.9. The highest BCUT2D eigenvalue weighted by molar-refractivity contribution is 5.76. The largest absolute Gasteiger partial charge is 0.388 e. The third-order valence-corrected chi connectivity index (χ3v) is 3.15. The molecule has 1 aliphatic carbocycles. The number of rotatable bonds is 4. The summed E-state index contributed by atoms with van der Waals surface area (Å²) in [5.74, 6) is 0.168. The molecule has 1 atom stereocenters. The van der Waals surface area contributed by atoms with Crippen molar-refractivity contribution in [2.24, 2.45) is 0 Å². The fourth-order valence-electron chi connectivity index (χ4n) is 1.99. The molecule has 2 N–H and O–H groups in total. The molecule has 2 rings (SSSR count). The highest BCUT2D eigenvalue weighted by atomic mass is 16.3. The van der Waals surface area contributed by atoms with E-state index in [1.807, 2.05) is 0 Å². The smallest absolute Gasteiger partial charge is 0.223 e. The summed E-state index contributed by atoms with van der Waals surface area (Å²) < 4.78 is 0. The van der Waals surface area contributed by atoms with Gasteiger partial charge in [0.05, 0.1) is 5.60 Å². The maximum Gasteiger partial charge on any atom is 0.223 e. The minimum Gasteiger partial charge on any atom is -0.388 e. The van der Waals surface area contributed by atoms with Gasteiger partial charge in [0, 0.05) is 32.1 Å². The van der Waals surface area contributed by atoms with Crippen LogP contribution < -0.4 is 5.32 Å². The average Bonchev–Trinajstić information content (AvgIpc) is 2.90. The zero-order valence-electron chi connectivity index (χ0n) is 9.33. The number of carbonyl (C=O) groups is 1. The van der Waals surface area contributed by atoms with E-state index in [2.05, 4.69) is 5.32 Å². The minimum atomic E-state index is -0.667. The lowest BCUT2D eigenvalue weighted by atomic mass is 10.1. The Kier molecular flexibility index (Phi) is 2.98. The van der Waals surface area contributed by atoms with Gasteiger partial charge in [-0.2, -0.15) is 0 Å². The molecule has 4 nitrogen and oxygen atoms in total. The van der Waals surface area contributed by atoms with Crippen LogP contribution >= 0.6 is 0 Å². The Morgan fingerprint density at radius 1 is 1.60 bits per heavy atom. The van der Waals surface area contributed by atoms with Crippen LogP contribution in [0.1, 0.15) is 32.6 Å². The summed E-state index contributed by atoms with van der Waals surface area (Å²) in [5, 5.41) is 13.0. The molecule has 4 heteroatoms. The summed E-state index contributed by atoms with van der Waals surface area (Å²) in [7, 11) is 0. The highest BCUT2D eigenvalue weighted by Crippen LogP contribution is 2.21. The molecule has 2 aliphatic rings. The molecule has 0 spiro atoms. The SMILES string of the molecule is CC1(O)CCN(C(=O)CCNC2CC2)C1. The van der Waals surface area contributed by atoms with Gasteiger partial charge in [0.2, 0.25) is 5.91 Å². The van der Waals surface area contributed by atoms with E-state index >= 15 is 0 Å². The topological polar surface area (TPSA) is 52.6 Å². The van der Waals surface area contributed by atoms with Crippen LogP contribution in [0.25, 0.3) is 0 Å². The third-order valence-electron chi connectivity index (χ3n) is 3.15. The van der Waals surface area contributed by atoms with E-state index in [9.17, 15) is 9.90 Å². The normalized spacial score (nSPS) is 30.9. The average molecular weight is 212 g/mol. The van der Waals surface area contributed by atoms with Crippen molar-refractivity contribution in [1.82, 2.24) is 10.2 Å². The van der Waals surface area contributed by atoms with Crippen LogP contribution in [0.3, 0.4) is 0 Å². The molecule has 1 saturated carbocycles. The Morgan fingerprint density at radius 3 is 2.87 bits per heavy atom. The van der Waals surface area contributed by atoms with Crippen LogP contribution in [0.2, 0.25) is 0 Å². The Hall–Kier alpha value is -0.610. The number of amides is 1. The second-order valence-corrected chi connectivity index (χ2v) is 5.04. The van der Waals surface area contributed by atoms with Crippen molar-refractivity contribution in [1.29, 1.82) is 0 Å². The van der Waals surface area contributed by atoms with Crippen LogP contribution in [0.4, 0.5) is 0 Å². The Labute approximate surface area is 90.6 Å². The predicted octanol–water partition coefficient (Wildman–Crippen LogP) is 0.112. The van der Waals surface area contributed by atoms with E-state index in [0.717, 1.165) is 6.54 Å². The molecule has 1 unspecified atom stereocenters. The second kappa shape index (κ2) is 4.10. The van der Waals surface area contributed by atoms with Crippen LogP contribution in [-0.4, -0.2) is 47.2 Å². The Bertz CT molecular complexity index is 249. The number of likely N-dealkylation sites (tertiary alicyclic amines) is 1. The quantitative estimate of drug-likeness (QED) is 0.695. The number of β-amino-alcohol motifs (C(OH)–C–C–N with tert-alkyl or cyclic N) is 1. The molecule has 1 amide bonds. The molecule has 1 heterocycles. The summed E-state index contributed by atoms with van der Waals surface area (Å²) in [6.07, 6.45) is 3.78. The summed E-state index contributed by atoms with van der Waals surface area (Å²) >= 11 is 0. The number of nitrogens with one attached hydrogen (secondary N) is 1. The van der Waals surface area contributed by atoms with Gasteiger partial charge >= 0.3 is 0 Å². The standard InChI is InChI=1S/C11H20N2O2/c1-11(15)5-7-13(8-11)10(14)4-6-12-9-2-3-9/h9,12,15H,2-8H2,1H3. The first-order valence-corrected chi connectivity index (χ1v) is 5.80. The Morgan fingerprint density at radius 2 is 2.33 bits per heavy atom. The lowest BCUT2D eigenvalue weighted by Gasteiger charge is -2.19. The van der Waals surface area contributed by atoms with Gasteiger partial charge in [-0.15, -0.1) is 0 Å². The Balaban J connectivity index is 1.66. The molecule has 0 aromatic rings. The molecular formula is C11H20N2O2. The van der Waals surface area contributed by atoms with Crippen LogP contribution in [0, 0.1) is 0 Å². The minimum absolute atomic E-state index is 0.168. The molecule has 86 valence electrons. The van der Waals surface area contributed by atoms with Crippen LogP contribution in [-0.2, 0) is 4.79 Å². The van der Waals surface area contributed by atoms with Gasteiger partial charge in [-0.25, -0.2) is 0 Å².